The van der Waals surface area contributed by atoms with Gasteiger partial charge in [0.1, 0.15) is 5.82 Å². The summed E-state index contributed by atoms with van der Waals surface area (Å²) in [6, 6.07) is 4.52. The zero-order valence-corrected chi connectivity index (χ0v) is 17.2. The maximum Gasteiger partial charge on any atom is 0.224 e. The van der Waals surface area contributed by atoms with Crippen LogP contribution in [0.3, 0.4) is 0 Å². The van der Waals surface area contributed by atoms with Crippen LogP contribution in [0.25, 0.3) is 0 Å². The number of nitrogens with zero attached hydrogens (tertiary/aromatic N) is 4. The minimum Gasteiger partial charge on any atom is -0.394 e. The third-order valence-corrected chi connectivity index (χ3v) is 6.29. The van der Waals surface area contributed by atoms with Gasteiger partial charge in [-0.2, -0.15) is 4.98 Å². The van der Waals surface area contributed by atoms with Crippen LogP contribution in [-0.2, 0) is 4.74 Å². The summed E-state index contributed by atoms with van der Waals surface area (Å²) < 4.78 is 5.42. The molecule has 1 fully saturated rings. The molecule has 0 radical (unpaired) electrons. The van der Waals surface area contributed by atoms with Gasteiger partial charge in [-0.15, -0.1) is 11.3 Å². The van der Waals surface area contributed by atoms with E-state index in [1.807, 2.05) is 25.5 Å². The van der Waals surface area contributed by atoms with Crippen molar-refractivity contribution in [2.24, 2.45) is 0 Å². The van der Waals surface area contributed by atoms with Crippen LogP contribution < -0.4 is 10.2 Å². The summed E-state index contributed by atoms with van der Waals surface area (Å²) in [5, 5.41) is 13.4. The lowest BCUT2D eigenvalue weighted by molar-refractivity contribution is 0.0903. The number of aliphatic hydroxyl groups is 1. The van der Waals surface area contributed by atoms with Gasteiger partial charge in [-0.25, -0.2) is 4.98 Å². The molecule has 0 bridgehead atoms. The number of rotatable bonds is 6. The number of aryl methyl sites for hydroxylation is 2. The topological polar surface area (TPSA) is 73.8 Å². The minimum atomic E-state index is -0.0399. The Labute approximate surface area is 169 Å². The molecule has 2 N–H and O–H groups in total. The first-order valence-electron chi connectivity index (χ1n) is 9.70. The molecule has 0 amide bonds. The molecule has 28 heavy (non-hydrogen) atoms. The third-order valence-electron chi connectivity index (χ3n) is 5.19. The highest BCUT2D eigenvalue weighted by Crippen LogP contribution is 2.31. The molecular formula is C20H27N5O2S. The highest BCUT2D eigenvalue weighted by molar-refractivity contribution is 7.12. The second-order valence-corrected chi connectivity index (χ2v) is 8.62. The van der Waals surface area contributed by atoms with Crippen LogP contribution in [0.1, 0.15) is 34.2 Å². The van der Waals surface area contributed by atoms with E-state index in [9.17, 15) is 5.11 Å². The number of anilines is 2. The summed E-state index contributed by atoms with van der Waals surface area (Å²) in [7, 11) is 0. The largest absolute Gasteiger partial charge is 0.394 e. The molecule has 0 aromatic carbocycles. The van der Waals surface area contributed by atoms with Crippen molar-refractivity contribution in [2.45, 2.75) is 38.8 Å². The number of hydrogen-bond donors (Lipinski definition) is 2. The van der Waals surface area contributed by atoms with E-state index in [0.29, 0.717) is 18.7 Å². The van der Waals surface area contributed by atoms with Gasteiger partial charge in [0, 0.05) is 53.2 Å². The summed E-state index contributed by atoms with van der Waals surface area (Å²) in [5.41, 5.74) is 1.02. The maximum atomic E-state index is 9.95. The Bertz CT molecular complexity index is 834. The highest BCUT2D eigenvalue weighted by Gasteiger charge is 2.25. The molecule has 1 saturated heterocycles. The Morgan fingerprint density at radius 1 is 1.29 bits per heavy atom. The average Bonchev–Trinajstić information content (AvgIpc) is 3.35. The van der Waals surface area contributed by atoms with Gasteiger partial charge >= 0.3 is 0 Å². The molecule has 2 aromatic rings. The maximum absolute atomic E-state index is 9.95. The monoisotopic (exact) mass is 401 g/mol. The number of ether oxygens (including phenoxy) is 1. The quantitative estimate of drug-likeness (QED) is 0.771. The van der Waals surface area contributed by atoms with E-state index in [-0.39, 0.29) is 12.6 Å². The summed E-state index contributed by atoms with van der Waals surface area (Å²) in [6.45, 7) is 6.41. The number of thiophene rings is 1. The molecule has 4 heterocycles. The highest BCUT2D eigenvalue weighted by atomic mass is 32.1. The van der Waals surface area contributed by atoms with E-state index in [2.05, 4.69) is 39.2 Å². The van der Waals surface area contributed by atoms with E-state index >= 15 is 0 Å². The van der Waals surface area contributed by atoms with Gasteiger partial charge in [0.2, 0.25) is 5.95 Å². The van der Waals surface area contributed by atoms with Crippen LogP contribution >= 0.6 is 11.3 Å². The molecule has 0 saturated carbocycles. The zero-order chi connectivity index (χ0) is 19.5. The SMILES string of the molecule is Cc1ccc(C(CO)N2C=CN(c3nc(NC4CCOCC4)ncc3C)C2)s1. The van der Waals surface area contributed by atoms with Crippen molar-refractivity contribution in [1.82, 2.24) is 14.9 Å². The van der Waals surface area contributed by atoms with Crippen molar-refractivity contribution < 1.29 is 9.84 Å². The summed E-state index contributed by atoms with van der Waals surface area (Å²) in [5.74, 6) is 1.55. The Hall–Kier alpha value is -2.16. The molecule has 0 aliphatic carbocycles. The van der Waals surface area contributed by atoms with Crippen LogP contribution in [-0.4, -0.2) is 52.5 Å². The van der Waals surface area contributed by atoms with Gasteiger partial charge in [0.15, 0.2) is 0 Å². The fourth-order valence-corrected chi connectivity index (χ4v) is 4.57. The van der Waals surface area contributed by atoms with Crippen molar-refractivity contribution in [3.05, 3.63) is 46.0 Å². The van der Waals surface area contributed by atoms with Crippen LogP contribution in [0.5, 0.6) is 0 Å². The predicted molar refractivity (Wildman–Crippen MR) is 111 cm³/mol. The fraction of sp³-hybridized carbons (Fsp3) is 0.500. The van der Waals surface area contributed by atoms with E-state index < -0.39 is 0 Å². The van der Waals surface area contributed by atoms with Gasteiger partial charge in [0.05, 0.1) is 19.3 Å². The van der Waals surface area contributed by atoms with Crippen LogP contribution in [0, 0.1) is 13.8 Å². The van der Waals surface area contributed by atoms with E-state index in [1.165, 1.54) is 9.75 Å². The summed E-state index contributed by atoms with van der Waals surface area (Å²) in [6.07, 6.45) is 7.87. The van der Waals surface area contributed by atoms with Gasteiger partial charge in [-0.1, -0.05) is 0 Å². The van der Waals surface area contributed by atoms with Gasteiger partial charge in [-0.3, -0.25) is 0 Å². The molecule has 150 valence electrons. The first-order chi connectivity index (χ1) is 13.6. The van der Waals surface area contributed by atoms with Gasteiger partial charge in [0.25, 0.3) is 0 Å². The van der Waals surface area contributed by atoms with Crippen LogP contribution in [0.15, 0.2) is 30.7 Å². The van der Waals surface area contributed by atoms with Crippen LogP contribution in [0.2, 0.25) is 0 Å². The fourth-order valence-electron chi connectivity index (χ4n) is 3.58. The Kier molecular flexibility index (Phi) is 5.79. The van der Waals surface area contributed by atoms with E-state index in [1.54, 1.807) is 11.3 Å². The zero-order valence-electron chi connectivity index (χ0n) is 16.3. The third kappa shape index (κ3) is 4.14. The van der Waals surface area contributed by atoms with Gasteiger partial charge in [-0.05, 0) is 38.8 Å². The van der Waals surface area contributed by atoms with E-state index in [0.717, 1.165) is 37.4 Å². The first-order valence-corrected chi connectivity index (χ1v) is 10.5. The molecular weight excluding hydrogens is 374 g/mol. The second-order valence-electron chi connectivity index (χ2n) is 7.30. The van der Waals surface area contributed by atoms with Crippen molar-refractivity contribution in [1.29, 1.82) is 0 Å². The number of hydrogen-bond acceptors (Lipinski definition) is 8. The normalized spacial score (nSPS) is 18.7. The molecule has 2 aromatic heterocycles. The molecule has 0 spiro atoms. The lowest BCUT2D eigenvalue weighted by Gasteiger charge is -2.28. The second kappa shape index (κ2) is 8.46. The minimum absolute atomic E-state index is 0.0399. The Balaban J connectivity index is 1.47. The Morgan fingerprint density at radius 3 is 2.82 bits per heavy atom. The molecule has 1 unspecified atom stereocenters. The van der Waals surface area contributed by atoms with Crippen molar-refractivity contribution in [2.75, 3.05) is 36.7 Å². The summed E-state index contributed by atoms with van der Waals surface area (Å²) >= 11 is 1.73. The predicted octanol–water partition coefficient (Wildman–Crippen LogP) is 3.03. The summed E-state index contributed by atoms with van der Waals surface area (Å²) in [4.78, 5) is 15.9. The first kappa shape index (κ1) is 19.2. The van der Waals surface area contributed by atoms with Crippen LogP contribution in [0.4, 0.5) is 11.8 Å². The molecule has 4 rings (SSSR count). The van der Waals surface area contributed by atoms with Crippen molar-refractivity contribution >= 4 is 23.1 Å². The Morgan fingerprint density at radius 2 is 2.11 bits per heavy atom. The number of nitrogens with one attached hydrogen (secondary N) is 1. The number of aromatic nitrogens is 2. The lowest BCUT2D eigenvalue weighted by atomic mass is 10.1. The van der Waals surface area contributed by atoms with Crippen molar-refractivity contribution in [3.8, 4) is 0 Å². The standard InChI is InChI=1S/C20H27N5O2S/c1-14-11-21-20(22-16-5-9-27-10-6-16)23-19(14)25-8-7-24(13-25)17(12-26)18-4-3-15(2)28-18/h3-4,7-8,11,16-17,26H,5-6,9-10,12-13H2,1-2H3,(H,21,22,23). The molecule has 1 atom stereocenters. The lowest BCUT2D eigenvalue weighted by Crippen LogP contribution is -2.31. The molecule has 8 heteroatoms. The van der Waals surface area contributed by atoms with Gasteiger partial charge < -0.3 is 25.0 Å². The average molecular weight is 402 g/mol. The van der Waals surface area contributed by atoms with E-state index in [4.69, 9.17) is 9.72 Å². The molecule has 2 aliphatic rings. The molecule has 2 aliphatic heterocycles. The smallest absolute Gasteiger partial charge is 0.224 e. The van der Waals surface area contributed by atoms with Crippen molar-refractivity contribution in [3.63, 3.8) is 0 Å². The molecule has 7 nitrogen and oxygen atoms in total. The number of aliphatic hydroxyl groups excluding tert-OH is 1.